The molecule has 0 saturated carbocycles. The third kappa shape index (κ3) is 4.31. The SMILES string of the molecule is Cc1noc(C(C)C)c1C(=O)NCC(=O)NC1CCS(=O)(=O)C1. The summed E-state index contributed by atoms with van der Waals surface area (Å²) in [6.07, 6.45) is 0.407. The third-order valence-electron chi connectivity index (χ3n) is 3.65. The standard InChI is InChI=1S/C14H21N3O5S/c1-8(2)13-12(9(3)17-22-13)14(19)15-6-11(18)16-10-4-5-23(20,21)7-10/h8,10H,4-7H2,1-3H3,(H,15,19)(H,16,18). The lowest BCUT2D eigenvalue weighted by Gasteiger charge is -2.11. The second-order valence-corrected chi connectivity index (χ2v) is 8.24. The summed E-state index contributed by atoms with van der Waals surface area (Å²) in [7, 11) is -3.05. The Morgan fingerprint density at radius 3 is 2.65 bits per heavy atom. The van der Waals surface area contributed by atoms with Crippen LogP contribution in [0.4, 0.5) is 0 Å². The number of carbonyl (C=O) groups excluding carboxylic acids is 2. The first-order chi connectivity index (χ1) is 10.7. The van der Waals surface area contributed by atoms with Crippen LogP contribution in [-0.2, 0) is 14.6 Å². The van der Waals surface area contributed by atoms with E-state index < -0.39 is 21.7 Å². The number of nitrogens with zero attached hydrogens (tertiary/aromatic N) is 1. The molecule has 0 spiro atoms. The van der Waals surface area contributed by atoms with Crippen LogP contribution in [0.1, 0.15) is 48.0 Å². The molecule has 8 nitrogen and oxygen atoms in total. The molecule has 1 aliphatic rings. The van der Waals surface area contributed by atoms with Crippen LogP contribution in [0, 0.1) is 6.92 Å². The van der Waals surface area contributed by atoms with Crippen molar-refractivity contribution >= 4 is 21.7 Å². The molecule has 128 valence electrons. The van der Waals surface area contributed by atoms with Gasteiger partial charge in [-0.2, -0.15) is 0 Å². The summed E-state index contributed by atoms with van der Waals surface area (Å²) in [6.45, 7) is 5.19. The molecule has 9 heteroatoms. The Kier molecular flexibility index (Phi) is 5.08. The maximum Gasteiger partial charge on any atom is 0.257 e. The normalized spacial score (nSPS) is 19.7. The lowest BCUT2D eigenvalue weighted by Crippen LogP contribution is -2.42. The van der Waals surface area contributed by atoms with Gasteiger partial charge in [0, 0.05) is 12.0 Å². The monoisotopic (exact) mass is 343 g/mol. The van der Waals surface area contributed by atoms with Crippen molar-refractivity contribution in [2.24, 2.45) is 0 Å². The molecule has 0 aromatic carbocycles. The van der Waals surface area contributed by atoms with Crippen LogP contribution in [0.15, 0.2) is 4.52 Å². The maximum absolute atomic E-state index is 12.2. The first-order valence-electron chi connectivity index (χ1n) is 7.43. The van der Waals surface area contributed by atoms with Gasteiger partial charge in [0.25, 0.3) is 5.91 Å². The minimum absolute atomic E-state index is 0.00512. The van der Waals surface area contributed by atoms with Gasteiger partial charge >= 0.3 is 0 Å². The molecule has 1 saturated heterocycles. The van der Waals surface area contributed by atoms with Crippen molar-refractivity contribution < 1.29 is 22.5 Å². The van der Waals surface area contributed by atoms with Crippen LogP contribution in [0.2, 0.25) is 0 Å². The molecule has 1 aromatic heterocycles. The van der Waals surface area contributed by atoms with Crippen LogP contribution >= 0.6 is 0 Å². The van der Waals surface area contributed by atoms with Crippen molar-refractivity contribution in [3.05, 3.63) is 17.0 Å². The van der Waals surface area contributed by atoms with Gasteiger partial charge in [-0.25, -0.2) is 8.42 Å². The van der Waals surface area contributed by atoms with E-state index in [2.05, 4.69) is 15.8 Å². The van der Waals surface area contributed by atoms with Gasteiger partial charge in [-0.3, -0.25) is 9.59 Å². The summed E-state index contributed by atoms with van der Waals surface area (Å²) < 4.78 is 27.8. The third-order valence-corrected chi connectivity index (χ3v) is 5.42. The number of nitrogens with one attached hydrogen (secondary N) is 2. The van der Waals surface area contributed by atoms with E-state index in [4.69, 9.17) is 4.52 Å². The van der Waals surface area contributed by atoms with Crippen LogP contribution in [0.5, 0.6) is 0 Å². The molecule has 0 aliphatic carbocycles. The van der Waals surface area contributed by atoms with E-state index in [1.807, 2.05) is 13.8 Å². The van der Waals surface area contributed by atoms with Crippen LogP contribution in [0.3, 0.4) is 0 Å². The molecule has 0 radical (unpaired) electrons. The van der Waals surface area contributed by atoms with Crippen molar-refractivity contribution in [3.8, 4) is 0 Å². The van der Waals surface area contributed by atoms with E-state index >= 15 is 0 Å². The number of aryl methyl sites for hydroxylation is 1. The first kappa shape index (κ1) is 17.5. The van der Waals surface area contributed by atoms with Crippen LogP contribution in [-0.4, -0.2) is 49.5 Å². The zero-order valence-corrected chi connectivity index (χ0v) is 14.2. The van der Waals surface area contributed by atoms with Crippen LogP contribution < -0.4 is 10.6 Å². The van der Waals surface area contributed by atoms with Crippen molar-refractivity contribution in [1.82, 2.24) is 15.8 Å². The molecule has 1 fully saturated rings. The Labute approximate surface area is 134 Å². The van der Waals surface area contributed by atoms with Crippen molar-refractivity contribution in [1.29, 1.82) is 0 Å². The molecule has 1 atom stereocenters. The van der Waals surface area contributed by atoms with Gasteiger partial charge in [-0.1, -0.05) is 19.0 Å². The Balaban J connectivity index is 1.90. The summed E-state index contributed by atoms with van der Waals surface area (Å²) in [5, 5.41) is 8.91. The number of carbonyl (C=O) groups is 2. The predicted octanol–water partition coefficient (Wildman–Crippen LogP) is 0.140. The number of hydrogen-bond acceptors (Lipinski definition) is 6. The molecule has 23 heavy (non-hydrogen) atoms. The summed E-state index contributed by atoms with van der Waals surface area (Å²) in [5.74, 6) is -0.337. The molecule has 0 bridgehead atoms. The highest BCUT2D eigenvalue weighted by molar-refractivity contribution is 7.91. The lowest BCUT2D eigenvalue weighted by molar-refractivity contribution is -0.120. The molecular weight excluding hydrogens is 322 g/mol. The van der Waals surface area contributed by atoms with Gasteiger partial charge in [0.2, 0.25) is 5.91 Å². The average Bonchev–Trinajstić information content (AvgIpc) is 2.99. The average molecular weight is 343 g/mol. The first-order valence-corrected chi connectivity index (χ1v) is 9.26. The van der Waals surface area contributed by atoms with Crippen LogP contribution in [0.25, 0.3) is 0 Å². The van der Waals surface area contributed by atoms with E-state index in [0.717, 1.165) is 0 Å². The zero-order valence-electron chi connectivity index (χ0n) is 13.4. The van der Waals surface area contributed by atoms with Gasteiger partial charge < -0.3 is 15.2 Å². The minimum Gasteiger partial charge on any atom is -0.360 e. The molecular formula is C14H21N3O5S. The highest BCUT2D eigenvalue weighted by Crippen LogP contribution is 2.21. The fourth-order valence-electron chi connectivity index (χ4n) is 2.49. The molecule has 1 unspecified atom stereocenters. The Hall–Kier alpha value is -1.90. The number of hydrogen-bond donors (Lipinski definition) is 2. The largest absolute Gasteiger partial charge is 0.360 e. The minimum atomic E-state index is -3.05. The van der Waals surface area contributed by atoms with Gasteiger partial charge in [0.1, 0.15) is 5.56 Å². The molecule has 1 aromatic rings. The summed E-state index contributed by atoms with van der Waals surface area (Å²) in [5.41, 5.74) is 0.810. The lowest BCUT2D eigenvalue weighted by atomic mass is 10.0. The molecule has 2 rings (SSSR count). The topological polar surface area (TPSA) is 118 Å². The highest BCUT2D eigenvalue weighted by Gasteiger charge is 2.29. The van der Waals surface area contributed by atoms with Crippen molar-refractivity contribution in [2.45, 2.75) is 39.2 Å². The van der Waals surface area contributed by atoms with E-state index in [-0.39, 0.29) is 30.0 Å². The molecule has 2 heterocycles. The number of amides is 2. The Morgan fingerprint density at radius 1 is 1.39 bits per heavy atom. The zero-order chi connectivity index (χ0) is 17.2. The Bertz CT molecular complexity index is 708. The van der Waals surface area contributed by atoms with E-state index in [0.29, 0.717) is 23.4 Å². The number of sulfone groups is 1. The quantitative estimate of drug-likeness (QED) is 0.785. The smallest absolute Gasteiger partial charge is 0.257 e. The fraction of sp³-hybridized carbons (Fsp3) is 0.643. The molecule has 2 amide bonds. The second kappa shape index (κ2) is 6.69. The Morgan fingerprint density at radius 2 is 2.09 bits per heavy atom. The molecule has 1 aliphatic heterocycles. The van der Waals surface area contributed by atoms with Gasteiger partial charge in [-0.15, -0.1) is 0 Å². The van der Waals surface area contributed by atoms with Gasteiger partial charge in [0.15, 0.2) is 15.6 Å². The fourth-order valence-corrected chi connectivity index (χ4v) is 4.17. The number of aromatic nitrogens is 1. The van der Waals surface area contributed by atoms with Crippen molar-refractivity contribution in [3.63, 3.8) is 0 Å². The van der Waals surface area contributed by atoms with E-state index in [9.17, 15) is 18.0 Å². The van der Waals surface area contributed by atoms with E-state index in [1.54, 1.807) is 6.92 Å². The van der Waals surface area contributed by atoms with Gasteiger partial charge in [0.05, 0.1) is 23.7 Å². The van der Waals surface area contributed by atoms with E-state index in [1.165, 1.54) is 0 Å². The molecule has 2 N–H and O–H groups in total. The summed E-state index contributed by atoms with van der Waals surface area (Å²) in [4.78, 5) is 24.0. The second-order valence-electron chi connectivity index (χ2n) is 6.01. The number of rotatable bonds is 5. The summed E-state index contributed by atoms with van der Waals surface area (Å²) >= 11 is 0. The summed E-state index contributed by atoms with van der Waals surface area (Å²) in [6, 6.07) is -0.382. The predicted molar refractivity (Wildman–Crippen MR) is 82.9 cm³/mol. The highest BCUT2D eigenvalue weighted by atomic mass is 32.2. The maximum atomic E-state index is 12.2. The van der Waals surface area contributed by atoms with Gasteiger partial charge in [-0.05, 0) is 13.3 Å². The van der Waals surface area contributed by atoms with Crippen molar-refractivity contribution in [2.75, 3.05) is 18.1 Å².